The molecule has 0 bridgehead atoms. The van der Waals surface area contributed by atoms with E-state index in [1.165, 1.54) is 23.6 Å². The maximum atomic E-state index is 13.0. The summed E-state index contributed by atoms with van der Waals surface area (Å²) in [6.45, 7) is 0.246. The quantitative estimate of drug-likeness (QED) is 0.851. The molecule has 3 N–H and O–H groups in total. The lowest BCUT2D eigenvalue weighted by Crippen LogP contribution is -2.14. The molecular formula is C14H11F2N3OS. The van der Waals surface area contributed by atoms with Crippen molar-refractivity contribution in [2.75, 3.05) is 11.9 Å². The van der Waals surface area contributed by atoms with Crippen LogP contribution in [0, 0.1) is 23.5 Å². The van der Waals surface area contributed by atoms with E-state index < -0.39 is 11.6 Å². The van der Waals surface area contributed by atoms with E-state index in [2.05, 4.69) is 22.1 Å². The fourth-order valence-electron chi connectivity index (χ4n) is 1.53. The summed E-state index contributed by atoms with van der Waals surface area (Å²) in [5, 5.41) is 2.97. The van der Waals surface area contributed by atoms with Crippen molar-refractivity contribution < 1.29 is 13.6 Å². The molecule has 1 amide bonds. The van der Waals surface area contributed by atoms with Gasteiger partial charge in [0.1, 0.15) is 0 Å². The number of thiazole rings is 1. The molecule has 0 aliphatic heterocycles. The fraction of sp³-hybridized carbons (Fsp3) is 0.143. The minimum atomic E-state index is -0.978. The molecule has 7 heteroatoms. The van der Waals surface area contributed by atoms with Crippen molar-refractivity contribution in [2.45, 2.75) is 6.42 Å². The summed E-state index contributed by atoms with van der Waals surface area (Å²) in [6, 6.07) is 3.34. The first kappa shape index (κ1) is 15.1. The second-order valence-corrected chi connectivity index (χ2v) is 5.04. The summed E-state index contributed by atoms with van der Waals surface area (Å²) in [6.07, 6.45) is 1.46. The van der Waals surface area contributed by atoms with Crippen LogP contribution in [0.5, 0.6) is 0 Å². The monoisotopic (exact) mass is 307 g/mol. The molecule has 0 fully saturated rings. The highest BCUT2D eigenvalue weighted by molar-refractivity contribution is 7.16. The predicted molar refractivity (Wildman–Crippen MR) is 76.7 cm³/mol. The first-order valence-corrected chi connectivity index (χ1v) is 6.78. The van der Waals surface area contributed by atoms with E-state index in [4.69, 9.17) is 5.73 Å². The number of nitrogens with two attached hydrogens (primary N) is 1. The Morgan fingerprint density at radius 1 is 1.38 bits per heavy atom. The molecular weight excluding hydrogens is 296 g/mol. The third-order valence-corrected chi connectivity index (χ3v) is 3.24. The highest BCUT2D eigenvalue weighted by Gasteiger charge is 2.09. The Kier molecular flexibility index (Phi) is 4.98. The van der Waals surface area contributed by atoms with Gasteiger partial charge < -0.3 is 11.1 Å². The molecule has 0 aliphatic rings. The van der Waals surface area contributed by atoms with Crippen LogP contribution in [0.25, 0.3) is 0 Å². The zero-order valence-electron chi connectivity index (χ0n) is 10.8. The first-order chi connectivity index (χ1) is 10.1. The van der Waals surface area contributed by atoms with Crippen LogP contribution < -0.4 is 11.1 Å². The smallest absolute Gasteiger partial charge is 0.230 e. The predicted octanol–water partition coefficient (Wildman–Crippen LogP) is 1.91. The van der Waals surface area contributed by atoms with Crippen LogP contribution in [-0.2, 0) is 11.2 Å². The van der Waals surface area contributed by atoms with Gasteiger partial charge >= 0.3 is 0 Å². The molecule has 0 aliphatic carbocycles. The summed E-state index contributed by atoms with van der Waals surface area (Å²) in [7, 11) is 0. The minimum Gasteiger partial charge on any atom is -0.320 e. The summed E-state index contributed by atoms with van der Waals surface area (Å²) in [5.74, 6) is 3.19. The topological polar surface area (TPSA) is 68.0 Å². The van der Waals surface area contributed by atoms with Crippen LogP contribution in [0.1, 0.15) is 10.4 Å². The van der Waals surface area contributed by atoms with E-state index in [1.54, 1.807) is 0 Å². The number of benzene rings is 1. The number of halogens is 2. The van der Waals surface area contributed by atoms with Gasteiger partial charge in [0, 0.05) is 0 Å². The average molecular weight is 307 g/mol. The number of nitrogens with zero attached hydrogens (tertiary/aromatic N) is 1. The molecule has 0 saturated heterocycles. The number of nitrogens with one attached hydrogen (secondary N) is 1. The molecule has 1 aromatic carbocycles. The molecule has 21 heavy (non-hydrogen) atoms. The fourth-order valence-corrected chi connectivity index (χ4v) is 2.23. The summed E-state index contributed by atoms with van der Waals surface area (Å²) in [4.78, 5) is 16.5. The van der Waals surface area contributed by atoms with Gasteiger partial charge in [-0.1, -0.05) is 29.2 Å². The lowest BCUT2D eigenvalue weighted by molar-refractivity contribution is -0.115. The van der Waals surface area contributed by atoms with Crippen LogP contribution in [0.15, 0.2) is 24.4 Å². The number of anilines is 1. The van der Waals surface area contributed by atoms with Crippen LogP contribution in [0.4, 0.5) is 13.9 Å². The molecule has 1 heterocycles. The largest absolute Gasteiger partial charge is 0.320 e. The molecule has 1 aromatic heterocycles. The van der Waals surface area contributed by atoms with E-state index in [-0.39, 0.29) is 18.9 Å². The van der Waals surface area contributed by atoms with Crippen molar-refractivity contribution in [1.82, 2.24) is 4.98 Å². The second kappa shape index (κ2) is 6.92. The Balaban J connectivity index is 1.98. The number of amides is 1. The van der Waals surface area contributed by atoms with Crippen molar-refractivity contribution in [3.8, 4) is 11.8 Å². The Hall–Kier alpha value is -2.30. The van der Waals surface area contributed by atoms with Gasteiger partial charge in [0.25, 0.3) is 0 Å². The molecule has 0 radical (unpaired) electrons. The average Bonchev–Trinajstić information content (AvgIpc) is 2.88. The standard InChI is InChI=1S/C14H11F2N3OS/c15-11-4-3-9(6-12(11)16)7-13(20)19-14-18-8-10(21-14)2-1-5-17/h3-4,6,8H,5,7,17H2,(H,18,19,20). The van der Waals surface area contributed by atoms with Gasteiger partial charge in [-0.25, -0.2) is 13.8 Å². The number of aromatic nitrogens is 1. The van der Waals surface area contributed by atoms with Crippen molar-refractivity contribution in [3.05, 3.63) is 46.5 Å². The van der Waals surface area contributed by atoms with Gasteiger partial charge in [0.15, 0.2) is 16.8 Å². The molecule has 0 unspecified atom stereocenters. The molecule has 2 aromatic rings. The normalized spacial score (nSPS) is 9.86. The zero-order chi connectivity index (χ0) is 15.2. The second-order valence-electron chi connectivity index (χ2n) is 4.01. The minimum absolute atomic E-state index is 0.0689. The molecule has 2 rings (SSSR count). The molecule has 108 valence electrons. The zero-order valence-corrected chi connectivity index (χ0v) is 11.6. The van der Waals surface area contributed by atoms with Gasteiger partial charge in [0.05, 0.1) is 24.0 Å². The number of carbonyl (C=O) groups excluding carboxylic acids is 1. The van der Waals surface area contributed by atoms with Gasteiger partial charge in [-0.05, 0) is 17.7 Å². The highest BCUT2D eigenvalue weighted by atomic mass is 32.1. The van der Waals surface area contributed by atoms with Crippen molar-refractivity contribution in [2.24, 2.45) is 5.73 Å². The van der Waals surface area contributed by atoms with Gasteiger partial charge in [0.2, 0.25) is 5.91 Å². The number of carbonyl (C=O) groups is 1. The maximum Gasteiger partial charge on any atom is 0.230 e. The first-order valence-electron chi connectivity index (χ1n) is 5.97. The Morgan fingerprint density at radius 3 is 2.90 bits per heavy atom. The van der Waals surface area contributed by atoms with Crippen LogP contribution in [0.2, 0.25) is 0 Å². The number of rotatable bonds is 3. The molecule has 0 spiro atoms. The van der Waals surface area contributed by atoms with Crippen LogP contribution in [0.3, 0.4) is 0 Å². The Labute approximate surface area is 124 Å². The van der Waals surface area contributed by atoms with E-state index in [9.17, 15) is 13.6 Å². The third-order valence-electron chi connectivity index (χ3n) is 2.41. The number of hydrogen-bond donors (Lipinski definition) is 2. The van der Waals surface area contributed by atoms with E-state index in [0.717, 1.165) is 12.1 Å². The Bertz CT molecular complexity index is 718. The highest BCUT2D eigenvalue weighted by Crippen LogP contribution is 2.17. The van der Waals surface area contributed by atoms with Crippen LogP contribution >= 0.6 is 11.3 Å². The van der Waals surface area contributed by atoms with E-state index >= 15 is 0 Å². The van der Waals surface area contributed by atoms with E-state index in [0.29, 0.717) is 15.6 Å². The van der Waals surface area contributed by atoms with Gasteiger partial charge in [-0.3, -0.25) is 4.79 Å². The van der Waals surface area contributed by atoms with Crippen LogP contribution in [-0.4, -0.2) is 17.4 Å². The summed E-state index contributed by atoms with van der Waals surface area (Å²) < 4.78 is 25.8. The molecule has 0 saturated carbocycles. The molecule has 0 atom stereocenters. The van der Waals surface area contributed by atoms with Gasteiger partial charge in [-0.2, -0.15) is 0 Å². The number of hydrogen-bond acceptors (Lipinski definition) is 4. The van der Waals surface area contributed by atoms with E-state index in [1.807, 2.05) is 0 Å². The third kappa shape index (κ3) is 4.34. The SMILES string of the molecule is NCC#Cc1cnc(NC(=O)Cc2ccc(F)c(F)c2)s1. The molecule has 4 nitrogen and oxygen atoms in total. The lowest BCUT2D eigenvalue weighted by Gasteiger charge is -2.02. The van der Waals surface area contributed by atoms with Gasteiger partial charge in [-0.15, -0.1) is 0 Å². The summed E-state index contributed by atoms with van der Waals surface area (Å²) >= 11 is 1.21. The van der Waals surface area contributed by atoms with Crippen molar-refractivity contribution in [1.29, 1.82) is 0 Å². The summed E-state index contributed by atoms with van der Waals surface area (Å²) in [5.41, 5.74) is 5.64. The Morgan fingerprint density at radius 2 is 2.19 bits per heavy atom. The van der Waals surface area contributed by atoms with Crippen molar-refractivity contribution >= 4 is 22.4 Å². The van der Waals surface area contributed by atoms with Crippen molar-refractivity contribution in [3.63, 3.8) is 0 Å². The lowest BCUT2D eigenvalue weighted by atomic mass is 10.1. The maximum absolute atomic E-state index is 13.0.